The summed E-state index contributed by atoms with van der Waals surface area (Å²) in [6.07, 6.45) is 5.04. The summed E-state index contributed by atoms with van der Waals surface area (Å²) in [7, 11) is 0. The summed E-state index contributed by atoms with van der Waals surface area (Å²) < 4.78 is 0. The number of rotatable bonds is 2. The van der Waals surface area contributed by atoms with Gasteiger partial charge in [-0.2, -0.15) is 0 Å². The number of aromatic nitrogens is 2. The number of nitrogens with zero attached hydrogens (tertiary/aromatic N) is 3. The fourth-order valence-electron chi connectivity index (χ4n) is 2.39. The fraction of sp³-hybridized carbons (Fsp3) is 0.583. The maximum Gasteiger partial charge on any atom is 0.274 e. The van der Waals surface area contributed by atoms with Gasteiger partial charge in [-0.25, -0.2) is 10.8 Å². The molecule has 1 aliphatic heterocycles. The third-order valence-corrected chi connectivity index (χ3v) is 3.40. The van der Waals surface area contributed by atoms with E-state index >= 15 is 0 Å². The number of hydrazine groups is 1. The third kappa shape index (κ3) is 2.59. The molecule has 1 aliphatic rings. The Balaban J connectivity index is 2.15. The lowest BCUT2D eigenvalue weighted by Crippen LogP contribution is -2.44. The van der Waals surface area contributed by atoms with Crippen molar-refractivity contribution in [2.75, 3.05) is 12.0 Å². The molecule has 2 heterocycles. The van der Waals surface area contributed by atoms with E-state index in [2.05, 4.69) is 29.2 Å². The molecule has 1 aromatic heterocycles. The van der Waals surface area contributed by atoms with Gasteiger partial charge in [0.05, 0.1) is 12.4 Å². The largest absolute Gasteiger partial charge is 0.335 e. The fourth-order valence-corrected chi connectivity index (χ4v) is 2.39. The second kappa shape index (κ2) is 5.30. The van der Waals surface area contributed by atoms with Gasteiger partial charge in [-0.3, -0.25) is 9.78 Å². The van der Waals surface area contributed by atoms with Crippen LogP contribution in [0.4, 0.5) is 5.82 Å². The average Bonchev–Trinajstić information content (AvgIpc) is 2.38. The minimum absolute atomic E-state index is 0.0704. The molecule has 2 atom stereocenters. The highest BCUT2D eigenvalue weighted by atomic mass is 16.2. The van der Waals surface area contributed by atoms with Gasteiger partial charge >= 0.3 is 0 Å². The number of piperidine rings is 1. The van der Waals surface area contributed by atoms with E-state index in [1.807, 2.05) is 4.90 Å². The molecule has 2 unspecified atom stereocenters. The monoisotopic (exact) mass is 249 g/mol. The molecule has 0 radical (unpaired) electrons. The smallest absolute Gasteiger partial charge is 0.274 e. The number of nitrogen functional groups attached to an aromatic ring is 1. The van der Waals surface area contributed by atoms with E-state index in [1.165, 1.54) is 12.4 Å². The molecule has 6 heteroatoms. The Morgan fingerprint density at radius 2 is 2.28 bits per heavy atom. The Hall–Kier alpha value is -1.69. The van der Waals surface area contributed by atoms with Crippen molar-refractivity contribution < 1.29 is 4.79 Å². The van der Waals surface area contributed by atoms with Crippen molar-refractivity contribution in [3.63, 3.8) is 0 Å². The second-order valence-corrected chi connectivity index (χ2v) is 4.91. The van der Waals surface area contributed by atoms with Gasteiger partial charge in [-0.05, 0) is 25.7 Å². The van der Waals surface area contributed by atoms with Crippen molar-refractivity contribution in [1.29, 1.82) is 0 Å². The number of carbonyl (C=O) groups excluding carboxylic acids is 1. The van der Waals surface area contributed by atoms with Crippen molar-refractivity contribution in [2.45, 2.75) is 32.7 Å². The SMILES string of the molecule is CC1CCN(C(=O)c2cncc(NN)n2)C(C)C1. The molecule has 0 bridgehead atoms. The van der Waals surface area contributed by atoms with E-state index in [0.29, 0.717) is 17.4 Å². The number of carbonyl (C=O) groups is 1. The van der Waals surface area contributed by atoms with Gasteiger partial charge in [0, 0.05) is 12.6 Å². The Labute approximate surface area is 107 Å². The summed E-state index contributed by atoms with van der Waals surface area (Å²) in [6.45, 7) is 5.08. The lowest BCUT2D eigenvalue weighted by atomic mass is 9.93. The summed E-state index contributed by atoms with van der Waals surface area (Å²) in [6, 6.07) is 0.248. The summed E-state index contributed by atoms with van der Waals surface area (Å²) >= 11 is 0. The lowest BCUT2D eigenvalue weighted by molar-refractivity contribution is 0.0582. The molecular weight excluding hydrogens is 230 g/mol. The van der Waals surface area contributed by atoms with Crippen LogP contribution in [0.1, 0.15) is 37.2 Å². The van der Waals surface area contributed by atoms with Crippen LogP contribution in [0.25, 0.3) is 0 Å². The van der Waals surface area contributed by atoms with Crippen LogP contribution in [0, 0.1) is 5.92 Å². The first kappa shape index (κ1) is 12.8. The van der Waals surface area contributed by atoms with Crippen molar-refractivity contribution in [3.8, 4) is 0 Å². The van der Waals surface area contributed by atoms with Gasteiger partial charge in [0.25, 0.3) is 5.91 Å². The zero-order valence-corrected chi connectivity index (χ0v) is 10.8. The quantitative estimate of drug-likeness (QED) is 0.604. The Bertz CT molecular complexity index is 436. The lowest BCUT2D eigenvalue weighted by Gasteiger charge is -2.36. The standard InChI is InChI=1S/C12H19N5O/c1-8-3-4-17(9(2)5-8)12(18)10-6-14-7-11(15-10)16-13/h6-9H,3-5,13H2,1-2H3,(H,15,16). The van der Waals surface area contributed by atoms with Crippen LogP contribution in [0.2, 0.25) is 0 Å². The molecule has 0 aromatic carbocycles. The molecule has 18 heavy (non-hydrogen) atoms. The molecule has 0 saturated carbocycles. The van der Waals surface area contributed by atoms with Crippen molar-refractivity contribution in [3.05, 3.63) is 18.1 Å². The number of nitrogens with two attached hydrogens (primary N) is 1. The third-order valence-electron chi connectivity index (χ3n) is 3.40. The average molecular weight is 249 g/mol. The minimum Gasteiger partial charge on any atom is -0.335 e. The van der Waals surface area contributed by atoms with Crippen molar-refractivity contribution >= 4 is 11.7 Å². The first-order valence-corrected chi connectivity index (χ1v) is 6.21. The van der Waals surface area contributed by atoms with Gasteiger partial charge in [0.15, 0.2) is 5.82 Å². The van der Waals surface area contributed by atoms with Gasteiger partial charge in [-0.1, -0.05) is 6.92 Å². The molecule has 1 fully saturated rings. The summed E-state index contributed by atoms with van der Waals surface area (Å²) in [5.74, 6) is 6.27. The molecule has 2 rings (SSSR count). The van der Waals surface area contributed by atoms with E-state index in [4.69, 9.17) is 5.84 Å². The van der Waals surface area contributed by atoms with E-state index in [1.54, 1.807) is 0 Å². The van der Waals surface area contributed by atoms with Crippen molar-refractivity contribution in [1.82, 2.24) is 14.9 Å². The van der Waals surface area contributed by atoms with E-state index in [9.17, 15) is 4.79 Å². The van der Waals surface area contributed by atoms with Crippen LogP contribution in [0.3, 0.4) is 0 Å². The van der Waals surface area contributed by atoms with Gasteiger partial charge < -0.3 is 10.3 Å². The van der Waals surface area contributed by atoms with E-state index < -0.39 is 0 Å². The van der Waals surface area contributed by atoms with Gasteiger partial charge in [0.1, 0.15) is 5.69 Å². The second-order valence-electron chi connectivity index (χ2n) is 4.91. The van der Waals surface area contributed by atoms with Crippen LogP contribution in [-0.4, -0.2) is 33.4 Å². The highest BCUT2D eigenvalue weighted by Gasteiger charge is 2.28. The Kier molecular flexibility index (Phi) is 3.76. The number of hydrogen-bond donors (Lipinski definition) is 2. The van der Waals surface area contributed by atoms with Gasteiger partial charge in [-0.15, -0.1) is 0 Å². The molecule has 0 spiro atoms. The normalized spacial score (nSPS) is 23.8. The Morgan fingerprint density at radius 3 is 2.94 bits per heavy atom. The van der Waals surface area contributed by atoms with Crippen molar-refractivity contribution in [2.24, 2.45) is 11.8 Å². The number of anilines is 1. The summed E-state index contributed by atoms with van der Waals surface area (Å²) in [4.78, 5) is 22.3. The number of hydrogen-bond acceptors (Lipinski definition) is 5. The maximum atomic E-state index is 12.3. The maximum absolute atomic E-state index is 12.3. The van der Waals surface area contributed by atoms with E-state index in [0.717, 1.165) is 19.4 Å². The van der Waals surface area contributed by atoms with E-state index in [-0.39, 0.29) is 11.9 Å². The zero-order chi connectivity index (χ0) is 13.1. The number of nitrogens with one attached hydrogen (secondary N) is 1. The predicted octanol–water partition coefficient (Wildman–Crippen LogP) is 1.02. The number of amides is 1. The molecule has 1 saturated heterocycles. The van der Waals surface area contributed by atoms with Crippen LogP contribution < -0.4 is 11.3 Å². The molecule has 3 N–H and O–H groups in total. The zero-order valence-electron chi connectivity index (χ0n) is 10.8. The molecular formula is C12H19N5O. The predicted molar refractivity (Wildman–Crippen MR) is 68.7 cm³/mol. The van der Waals surface area contributed by atoms with Crippen LogP contribution in [0.5, 0.6) is 0 Å². The molecule has 0 aliphatic carbocycles. The van der Waals surface area contributed by atoms with Gasteiger partial charge in [0.2, 0.25) is 0 Å². The van der Waals surface area contributed by atoms with Crippen LogP contribution >= 0.6 is 0 Å². The highest BCUT2D eigenvalue weighted by Crippen LogP contribution is 2.23. The topological polar surface area (TPSA) is 84.1 Å². The summed E-state index contributed by atoms with van der Waals surface area (Å²) in [5, 5.41) is 0. The van der Waals surface area contributed by atoms with Crippen LogP contribution in [0.15, 0.2) is 12.4 Å². The minimum atomic E-state index is -0.0704. The van der Waals surface area contributed by atoms with Crippen LogP contribution in [-0.2, 0) is 0 Å². The first-order chi connectivity index (χ1) is 8.61. The Morgan fingerprint density at radius 1 is 1.50 bits per heavy atom. The molecule has 98 valence electrons. The molecule has 1 aromatic rings. The molecule has 1 amide bonds. The first-order valence-electron chi connectivity index (χ1n) is 6.21. The highest BCUT2D eigenvalue weighted by molar-refractivity contribution is 5.92. The molecule has 6 nitrogen and oxygen atoms in total. The summed E-state index contributed by atoms with van der Waals surface area (Å²) in [5.41, 5.74) is 2.74. The number of likely N-dealkylation sites (tertiary alicyclic amines) is 1.